The monoisotopic (exact) mass is 272 g/mol. The summed E-state index contributed by atoms with van der Waals surface area (Å²) < 4.78 is 0. The molecule has 1 N–H and O–H groups in total. The molecule has 3 rings (SSSR count). The fourth-order valence-electron chi connectivity index (χ4n) is 2.56. The van der Waals surface area contributed by atoms with Gasteiger partial charge >= 0.3 is 0 Å². The number of hydrogen-bond donors (Lipinski definition) is 1. The summed E-state index contributed by atoms with van der Waals surface area (Å²) in [6.07, 6.45) is 2.81. The van der Waals surface area contributed by atoms with Gasteiger partial charge in [0, 0.05) is 43.4 Å². The van der Waals surface area contributed by atoms with E-state index in [2.05, 4.69) is 15.2 Å². The number of benzene rings is 1. The molecule has 20 heavy (non-hydrogen) atoms. The first-order valence-corrected chi connectivity index (χ1v) is 6.74. The summed E-state index contributed by atoms with van der Waals surface area (Å²) in [7, 11) is 0. The predicted molar refractivity (Wildman–Crippen MR) is 78.1 cm³/mol. The summed E-state index contributed by atoms with van der Waals surface area (Å²) in [5.41, 5.74) is 0.111. The van der Waals surface area contributed by atoms with Crippen LogP contribution in [0.5, 0.6) is 0 Å². The van der Waals surface area contributed by atoms with E-state index in [-0.39, 0.29) is 10.6 Å². The molecule has 1 aromatic carbocycles. The standard InChI is InChI=1S/C14H16N4O2/c19-18(20)12-3-2-11-4-6-16-14(13(11)10-12)17-8-1-5-15-7-9-17/h2-4,6,10,15H,1,5,7-9H2. The van der Waals surface area contributed by atoms with E-state index >= 15 is 0 Å². The second-order valence-corrected chi connectivity index (χ2v) is 4.89. The number of hydrogen-bond acceptors (Lipinski definition) is 5. The first-order chi connectivity index (χ1) is 9.75. The van der Waals surface area contributed by atoms with Crippen molar-refractivity contribution < 1.29 is 4.92 Å². The number of nitro groups is 1. The smallest absolute Gasteiger partial charge is 0.270 e. The zero-order valence-corrected chi connectivity index (χ0v) is 11.1. The van der Waals surface area contributed by atoms with Crippen LogP contribution in [-0.4, -0.2) is 36.1 Å². The predicted octanol–water partition coefficient (Wildman–Crippen LogP) is 1.94. The third-order valence-electron chi connectivity index (χ3n) is 3.58. The van der Waals surface area contributed by atoms with Crippen molar-refractivity contribution in [1.29, 1.82) is 0 Å². The normalized spacial score (nSPS) is 16.1. The Bertz CT molecular complexity index is 636. The maximum Gasteiger partial charge on any atom is 0.270 e. The summed E-state index contributed by atoms with van der Waals surface area (Å²) in [5.74, 6) is 0.843. The van der Waals surface area contributed by atoms with Gasteiger partial charge in [0.15, 0.2) is 0 Å². The van der Waals surface area contributed by atoms with Crippen LogP contribution in [-0.2, 0) is 0 Å². The van der Waals surface area contributed by atoms with Crippen LogP contribution in [0, 0.1) is 10.1 Å². The van der Waals surface area contributed by atoms with Gasteiger partial charge in [0.05, 0.1) is 4.92 Å². The van der Waals surface area contributed by atoms with E-state index < -0.39 is 0 Å². The molecule has 0 saturated carbocycles. The molecule has 0 atom stereocenters. The lowest BCUT2D eigenvalue weighted by molar-refractivity contribution is -0.384. The van der Waals surface area contributed by atoms with Crippen molar-refractivity contribution in [3.63, 3.8) is 0 Å². The number of aromatic nitrogens is 1. The topological polar surface area (TPSA) is 71.3 Å². The van der Waals surface area contributed by atoms with Gasteiger partial charge in [-0.15, -0.1) is 0 Å². The highest BCUT2D eigenvalue weighted by Gasteiger charge is 2.15. The van der Waals surface area contributed by atoms with E-state index in [1.165, 1.54) is 6.07 Å². The van der Waals surface area contributed by atoms with Crippen molar-refractivity contribution in [2.75, 3.05) is 31.1 Å². The van der Waals surface area contributed by atoms with Crippen LogP contribution in [0.3, 0.4) is 0 Å². The van der Waals surface area contributed by atoms with Crippen LogP contribution >= 0.6 is 0 Å². The number of rotatable bonds is 2. The van der Waals surface area contributed by atoms with Gasteiger partial charge in [-0.05, 0) is 30.5 Å². The molecule has 0 aliphatic carbocycles. The lowest BCUT2D eigenvalue weighted by Crippen LogP contribution is -2.28. The minimum atomic E-state index is -0.361. The van der Waals surface area contributed by atoms with Gasteiger partial charge in [-0.1, -0.05) is 0 Å². The summed E-state index contributed by atoms with van der Waals surface area (Å²) in [6.45, 7) is 3.70. The molecule has 6 heteroatoms. The molecule has 0 bridgehead atoms. The van der Waals surface area contributed by atoms with Crippen LogP contribution in [0.4, 0.5) is 11.5 Å². The number of anilines is 1. The zero-order chi connectivity index (χ0) is 13.9. The first kappa shape index (κ1) is 12.8. The summed E-state index contributed by atoms with van der Waals surface area (Å²) in [4.78, 5) is 17.2. The van der Waals surface area contributed by atoms with Crippen molar-refractivity contribution in [3.8, 4) is 0 Å². The van der Waals surface area contributed by atoms with Crippen LogP contribution in [0.25, 0.3) is 10.8 Å². The van der Waals surface area contributed by atoms with Crippen molar-refractivity contribution in [2.24, 2.45) is 0 Å². The Balaban J connectivity index is 2.08. The van der Waals surface area contributed by atoms with E-state index in [9.17, 15) is 10.1 Å². The average Bonchev–Trinajstić information content (AvgIpc) is 2.75. The molecule has 1 aliphatic rings. The van der Waals surface area contributed by atoms with Gasteiger partial charge in [0.1, 0.15) is 5.82 Å². The van der Waals surface area contributed by atoms with Crippen LogP contribution < -0.4 is 10.2 Å². The largest absolute Gasteiger partial charge is 0.355 e. The summed E-state index contributed by atoms with van der Waals surface area (Å²) >= 11 is 0. The lowest BCUT2D eigenvalue weighted by atomic mass is 10.1. The Labute approximate surface area is 116 Å². The second kappa shape index (κ2) is 5.42. The first-order valence-electron chi connectivity index (χ1n) is 6.74. The molecule has 2 aromatic rings. The summed E-state index contributed by atoms with van der Waals surface area (Å²) in [5, 5.41) is 16.1. The fraction of sp³-hybridized carbons (Fsp3) is 0.357. The maximum absolute atomic E-state index is 10.9. The van der Waals surface area contributed by atoms with Crippen LogP contribution in [0.1, 0.15) is 6.42 Å². The van der Waals surface area contributed by atoms with Gasteiger partial charge in [-0.2, -0.15) is 0 Å². The van der Waals surface area contributed by atoms with Crippen molar-refractivity contribution in [2.45, 2.75) is 6.42 Å². The van der Waals surface area contributed by atoms with E-state index in [4.69, 9.17) is 0 Å². The molecule has 0 radical (unpaired) electrons. The molecule has 1 saturated heterocycles. The molecule has 6 nitrogen and oxygen atoms in total. The van der Waals surface area contributed by atoms with Crippen LogP contribution in [0.2, 0.25) is 0 Å². The van der Waals surface area contributed by atoms with E-state index in [1.807, 2.05) is 6.07 Å². The van der Waals surface area contributed by atoms with E-state index in [0.717, 1.165) is 49.2 Å². The molecule has 1 fully saturated rings. The highest BCUT2D eigenvalue weighted by atomic mass is 16.6. The van der Waals surface area contributed by atoms with Gasteiger partial charge in [0.2, 0.25) is 0 Å². The molecule has 0 spiro atoms. The van der Waals surface area contributed by atoms with Gasteiger partial charge in [-0.25, -0.2) is 4.98 Å². The van der Waals surface area contributed by atoms with Crippen molar-refractivity contribution >= 4 is 22.3 Å². The van der Waals surface area contributed by atoms with Gasteiger partial charge < -0.3 is 10.2 Å². The number of nitrogens with one attached hydrogen (secondary N) is 1. The molecule has 0 unspecified atom stereocenters. The second-order valence-electron chi connectivity index (χ2n) is 4.89. The Hall–Kier alpha value is -2.21. The highest BCUT2D eigenvalue weighted by Crippen LogP contribution is 2.28. The molecule has 2 heterocycles. The number of fused-ring (bicyclic) bond motifs is 1. The minimum Gasteiger partial charge on any atom is -0.355 e. The molecule has 1 aromatic heterocycles. The molecular formula is C14H16N4O2. The molecule has 104 valence electrons. The average molecular weight is 272 g/mol. The Kier molecular flexibility index (Phi) is 3.47. The van der Waals surface area contributed by atoms with Crippen molar-refractivity contribution in [3.05, 3.63) is 40.6 Å². The molecule has 1 aliphatic heterocycles. The number of nitrogens with zero attached hydrogens (tertiary/aromatic N) is 3. The molecular weight excluding hydrogens is 256 g/mol. The van der Waals surface area contributed by atoms with Crippen molar-refractivity contribution in [1.82, 2.24) is 10.3 Å². The third kappa shape index (κ3) is 2.42. The maximum atomic E-state index is 10.9. The van der Waals surface area contributed by atoms with E-state index in [0.29, 0.717) is 0 Å². The van der Waals surface area contributed by atoms with Crippen LogP contribution in [0.15, 0.2) is 30.5 Å². The van der Waals surface area contributed by atoms with E-state index in [1.54, 1.807) is 18.3 Å². The van der Waals surface area contributed by atoms with Gasteiger partial charge in [0.25, 0.3) is 5.69 Å². The number of nitro benzene ring substituents is 1. The molecule has 0 amide bonds. The quantitative estimate of drug-likeness (QED) is 0.668. The minimum absolute atomic E-state index is 0.111. The Morgan fingerprint density at radius 2 is 2.15 bits per heavy atom. The third-order valence-corrected chi connectivity index (χ3v) is 3.58. The Morgan fingerprint density at radius 3 is 3.00 bits per heavy atom. The number of non-ortho nitro benzene ring substituents is 1. The fourth-order valence-corrected chi connectivity index (χ4v) is 2.56. The zero-order valence-electron chi connectivity index (χ0n) is 11.1. The lowest BCUT2D eigenvalue weighted by Gasteiger charge is -2.22. The number of pyridine rings is 1. The highest BCUT2D eigenvalue weighted by molar-refractivity contribution is 5.93. The van der Waals surface area contributed by atoms with Gasteiger partial charge in [-0.3, -0.25) is 10.1 Å². The Morgan fingerprint density at radius 1 is 1.25 bits per heavy atom. The SMILES string of the molecule is O=[N+]([O-])c1ccc2ccnc(N3CCCNCC3)c2c1. The summed E-state index contributed by atoms with van der Waals surface area (Å²) in [6, 6.07) is 6.83.